The summed E-state index contributed by atoms with van der Waals surface area (Å²) >= 11 is 0. The zero-order chi connectivity index (χ0) is 24.0. The van der Waals surface area contributed by atoms with E-state index in [1.165, 1.54) is 6.07 Å². The van der Waals surface area contributed by atoms with Gasteiger partial charge in [0.1, 0.15) is 6.61 Å². The number of esters is 1. The van der Waals surface area contributed by atoms with Crippen molar-refractivity contribution >= 4 is 23.5 Å². The van der Waals surface area contributed by atoms with E-state index in [9.17, 15) is 36.3 Å². The average molecular weight is 461 g/mol. The van der Waals surface area contributed by atoms with E-state index in [0.717, 1.165) is 17.0 Å². The molecule has 0 atom stereocenters. The summed E-state index contributed by atoms with van der Waals surface area (Å²) < 4.78 is 72.0. The van der Waals surface area contributed by atoms with E-state index in [4.69, 9.17) is 4.74 Å². The van der Waals surface area contributed by atoms with Crippen LogP contribution in [0.15, 0.2) is 42.5 Å². The lowest BCUT2D eigenvalue weighted by Crippen LogP contribution is -2.29. The number of rotatable bonds is 4. The summed E-state index contributed by atoms with van der Waals surface area (Å²) in [5.74, 6) is -13.4. The van der Waals surface area contributed by atoms with Crippen LogP contribution in [0.2, 0.25) is 0 Å². The predicted octanol–water partition coefficient (Wildman–Crippen LogP) is 4.85. The molecule has 1 aliphatic heterocycles. The molecule has 3 aromatic carbocycles. The number of aryl methyl sites for hydroxylation is 1. The Bertz CT molecular complexity index is 1330. The second-order valence-electron chi connectivity index (χ2n) is 7.12. The fraction of sp³-hybridized carbons (Fsp3) is 0.0870. The molecule has 0 spiro atoms. The van der Waals surface area contributed by atoms with Gasteiger partial charge in [0.25, 0.3) is 11.8 Å². The molecule has 3 aromatic rings. The Morgan fingerprint density at radius 1 is 0.818 bits per heavy atom. The molecular weight excluding hydrogens is 449 g/mol. The summed E-state index contributed by atoms with van der Waals surface area (Å²) in [4.78, 5) is 38.8. The SMILES string of the molecule is Cc1ccccc1N1C(=O)c2ccc(C(=O)OCc3c(F)c(F)c(F)c(F)c3F)cc2C1=O. The molecule has 1 aliphatic rings. The Morgan fingerprint density at radius 2 is 1.39 bits per heavy atom. The highest BCUT2D eigenvalue weighted by Crippen LogP contribution is 2.31. The fourth-order valence-electron chi connectivity index (χ4n) is 3.40. The first-order valence-corrected chi connectivity index (χ1v) is 9.39. The summed E-state index contributed by atoms with van der Waals surface area (Å²) in [7, 11) is 0. The van der Waals surface area contributed by atoms with Crippen molar-refractivity contribution in [1.82, 2.24) is 0 Å². The van der Waals surface area contributed by atoms with Crippen molar-refractivity contribution in [3.63, 3.8) is 0 Å². The van der Waals surface area contributed by atoms with Crippen molar-refractivity contribution in [2.45, 2.75) is 13.5 Å². The zero-order valence-corrected chi connectivity index (χ0v) is 16.7. The van der Waals surface area contributed by atoms with E-state index in [2.05, 4.69) is 0 Å². The zero-order valence-electron chi connectivity index (χ0n) is 16.7. The van der Waals surface area contributed by atoms with Gasteiger partial charge < -0.3 is 4.74 Å². The molecule has 0 unspecified atom stereocenters. The van der Waals surface area contributed by atoms with Crippen LogP contribution in [0.3, 0.4) is 0 Å². The summed E-state index contributed by atoms with van der Waals surface area (Å²) in [6, 6.07) is 10.1. The molecule has 0 radical (unpaired) electrons. The number of amides is 2. The quantitative estimate of drug-likeness (QED) is 0.183. The number of fused-ring (bicyclic) bond motifs is 1. The first-order valence-electron chi connectivity index (χ1n) is 9.39. The molecule has 4 rings (SSSR count). The van der Waals surface area contributed by atoms with Crippen molar-refractivity contribution in [3.05, 3.63) is 99.4 Å². The number of halogens is 5. The molecule has 168 valence electrons. The van der Waals surface area contributed by atoms with Gasteiger partial charge in [-0.15, -0.1) is 0 Å². The smallest absolute Gasteiger partial charge is 0.338 e. The summed E-state index contributed by atoms with van der Waals surface area (Å²) in [5.41, 5.74) is -0.634. The lowest BCUT2D eigenvalue weighted by molar-refractivity contribution is 0.0462. The topological polar surface area (TPSA) is 63.7 Å². The Kier molecular flexibility index (Phi) is 5.44. The standard InChI is InChI=1S/C23H12F5NO4/c1-10-4-2-3-5-15(10)29-21(30)12-7-6-11(8-13(12)22(29)31)23(32)33-9-14-16(24)18(26)20(28)19(27)17(14)25/h2-8H,9H2,1H3. The van der Waals surface area contributed by atoms with Crippen LogP contribution in [0.4, 0.5) is 27.6 Å². The third-order valence-corrected chi connectivity index (χ3v) is 5.13. The maximum atomic E-state index is 13.8. The first kappa shape index (κ1) is 22.1. The highest BCUT2D eigenvalue weighted by Gasteiger charge is 2.38. The molecule has 10 heteroatoms. The number of nitrogens with zero attached hydrogens (tertiary/aromatic N) is 1. The highest BCUT2D eigenvalue weighted by molar-refractivity contribution is 6.34. The Morgan fingerprint density at radius 3 is 2.03 bits per heavy atom. The molecule has 5 nitrogen and oxygen atoms in total. The minimum absolute atomic E-state index is 0.0274. The number of imide groups is 1. The minimum Gasteiger partial charge on any atom is -0.457 e. The summed E-state index contributed by atoms with van der Waals surface area (Å²) in [5, 5.41) is 0. The van der Waals surface area contributed by atoms with E-state index in [1.54, 1.807) is 31.2 Å². The summed E-state index contributed by atoms with van der Waals surface area (Å²) in [6.45, 7) is 0.463. The Balaban J connectivity index is 1.59. The second kappa shape index (κ2) is 8.12. The fourth-order valence-corrected chi connectivity index (χ4v) is 3.40. The monoisotopic (exact) mass is 461 g/mol. The molecule has 0 saturated carbocycles. The average Bonchev–Trinajstić information content (AvgIpc) is 3.06. The largest absolute Gasteiger partial charge is 0.457 e. The van der Waals surface area contributed by atoms with Gasteiger partial charge >= 0.3 is 5.97 Å². The van der Waals surface area contributed by atoms with Gasteiger partial charge in [0.2, 0.25) is 5.82 Å². The van der Waals surface area contributed by atoms with E-state index < -0.39 is 59.0 Å². The van der Waals surface area contributed by atoms with E-state index in [0.29, 0.717) is 11.3 Å². The van der Waals surface area contributed by atoms with Crippen LogP contribution >= 0.6 is 0 Å². The van der Waals surface area contributed by atoms with Crippen molar-refractivity contribution < 1.29 is 41.1 Å². The van der Waals surface area contributed by atoms with E-state index in [-0.39, 0.29) is 16.7 Å². The first-order chi connectivity index (χ1) is 15.6. The van der Waals surface area contributed by atoms with Crippen molar-refractivity contribution in [2.75, 3.05) is 4.90 Å². The van der Waals surface area contributed by atoms with Crippen molar-refractivity contribution in [3.8, 4) is 0 Å². The molecule has 0 aliphatic carbocycles. The van der Waals surface area contributed by atoms with Crippen LogP contribution in [0.5, 0.6) is 0 Å². The molecule has 33 heavy (non-hydrogen) atoms. The van der Waals surface area contributed by atoms with Gasteiger partial charge in [-0.25, -0.2) is 31.6 Å². The van der Waals surface area contributed by atoms with Gasteiger partial charge in [0, 0.05) is 0 Å². The normalized spacial score (nSPS) is 12.8. The van der Waals surface area contributed by atoms with Crippen LogP contribution < -0.4 is 4.90 Å². The van der Waals surface area contributed by atoms with Crippen LogP contribution in [-0.2, 0) is 11.3 Å². The molecule has 0 saturated heterocycles. The van der Waals surface area contributed by atoms with Gasteiger partial charge in [-0.05, 0) is 36.8 Å². The molecule has 0 N–H and O–H groups in total. The van der Waals surface area contributed by atoms with Gasteiger partial charge in [0.15, 0.2) is 23.3 Å². The molecule has 1 heterocycles. The summed E-state index contributed by atoms with van der Waals surface area (Å²) in [6.07, 6.45) is 0. The molecular formula is C23H12F5NO4. The lowest BCUT2D eigenvalue weighted by Gasteiger charge is -2.16. The van der Waals surface area contributed by atoms with Crippen LogP contribution in [0.25, 0.3) is 0 Å². The van der Waals surface area contributed by atoms with E-state index in [1.807, 2.05) is 0 Å². The Labute approximate surface area is 183 Å². The number of ether oxygens (including phenoxy) is 1. The van der Waals surface area contributed by atoms with Gasteiger partial charge in [0.05, 0.1) is 27.9 Å². The molecule has 2 amide bonds. The predicted molar refractivity (Wildman–Crippen MR) is 104 cm³/mol. The van der Waals surface area contributed by atoms with E-state index >= 15 is 0 Å². The highest BCUT2D eigenvalue weighted by atomic mass is 19.2. The van der Waals surface area contributed by atoms with Crippen molar-refractivity contribution in [2.24, 2.45) is 0 Å². The van der Waals surface area contributed by atoms with Crippen LogP contribution in [0.1, 0.15) is 42.2 Å². The number of hydrogen-bond acceptors (Lipinski definition) is 4. The number of carbonyl (C=O) groups is 3. The molecule has 0 bridgehead atoms. The maximum absolute atomic E-state index is 13.8. The van der Waals surface area contributed by atoms with Gasteiger partial charge in [-0.2, -0.15) is 0 Å². The van der Waals surface area contributed by atoms with Crippen LogP contribution in [0, 0.1) is 36.0 Å². The maximum Gasteiger partial charge on any atom is 0.338 e. The second-order valence-corrected chi connectivity index (χ2v) is 7.12. The number of carbonyl (C=O) groups excluding carboxylic acids is 3. The number of anilines is 1. The minimum atomic E-state index is -2.33. The molecule has 0 aromatic heterocycles. The van der Waals surface area contributed by atoms with Crippen LogP contribution in [-0.4, -0.2) is 17.8 Å². The number of benzene rings is 3. The van der Waals surface area contributed by atoms with Gasteiger partial charge in [-0.1, -0.05) is 18.2 Å². The number of hydrogen-bond donors (Lipinski definition) is 0. The lowest BCUT2D eigenvalue weighted by atomic mass is 10.1. The molecule has 0 fully saturated rings. The van der Waals surface area contributed by atoms with Crippen molar-refractivity contribution in [1.29, 1.82) is 0 Å². The third-order valence-electron chi connectivity index (χ3n) is 5.13. The Hall–Kier alpha value is -4.08. The van der Waals surface area contributed by atoms with Gasteiger partial charge in [-0.3, -0.25) is 9.59 Å². The number of para-hydroxylation sites is 1. The third kappa shape index (κ3) is 3.53.